The maximum absolute atomic E-state index is 12.3. The Hall–Kier alpha value is -1.56. The van der Waals surface area contributed by atoms with E-state index in [1.807, 2.05) is 30.3 Å². The topological polar surface area (TPSA) is 49.8 Å². The number of amides is 1. The Balaban J connectivity index is 1.96. The van der Waals surface area contributed by atoms with Crippen molar-refractivity contribution >= 4 is 33.4 Å². The van der Waals surface area contributed by atoms with Crippen LogP contribution in [0.2, 0.25) is 5.02 Å². The van der Waals surface area contributed by atoms with Crippen molar-refractivity contribution in [2.24, 2.45) is 0 Å². The minimum absolute atomic E-state index is 0.122. The van der Waals surface area contributed by atoms with Crippen molar-refractivity contribution in [1.82, 2.24) is 4.90 Å². The maximum atomic E-state index is 12.3. The molecule has 0 radical (unpaired) electrons. The number of ether oxygens (including phenoxy) is 1. The molecule has 128 valence electrons. The van der Waals surface area contributed by atoms with E-state index in [0.29, 0.717) is 15.2 Å². The van der Waals surface area contributed by atoms with Gasteiger partial charge in [0.15, 0.2) is 6.61 Å². The molecule has 0 saturated carbocycles. The monoisotopic (exact) mass is 411 g/mol. The first-order chi connectivity index (χ1) is 11.4. The number of aliphatic hydroxyl groups is 1. The molecule has 2 rings (SSSR count). The van der Waals surface area contributed by atoms with Crippen LogP contribution in [-0.4, -0.2) is 35.6 Å². The molecular formula is C18H19BrClNO3. The largest absolute Gasteiger partial charge is 0.483 e. The van der Waals surface area contributed by atoms with Crippen molar-refractivity contribution in [1.29, 1.82) is 0 Å². The fourth-order valence-electron chi connectivity index (χ4n) is 2.20. The lowest BCUT2D eigenvalue weighted by Crippen LogP contribution is -2.41. The number of carbonyl (C=O) groups is 1. The van der Waals surface area contributed by atoms with Gasteiger partial charge in [-0.25, -0.2) is 0 Å². The Bertz CT molecular complexity index is 696. The molecule has 2 unspecified atom stereocenters. The Morgan fingerprint density at radius 1 is 1.29 bits per heavy atom. The first-order valence-corrected chi connectivity index (χ1v) is 8.63. The van der Waals surface area contributed by atoms with Crippen LogP contribution in [0.15, 0.2) is 53.0 Å². The summed E-state index contributed by atoms with van der Waals surface area (Å²) in [6, 6.07) is 14.0. The van der Waals surface area contributed by atoms with E-state index in [4.69, 9.17) is 16.3 Å². The van der Waals surface area contributed by atoms with Crippen LogP contribution in [0.1, 0.15) is 18.6 Å². The fourth-order valence-corrected chi connectivity index (χ4v) is 3.00. The molecule has 0 aromatic heterocycles. The van der Waals surface area contributed by atoms with Gasteiger partial charge in [0, 0.05) is 12.1 Å². The molecule has 0 bridgehead atoms. The zero-order chi connectivity index (χ0) is 17.7. The summed E-state index contributed by atoms with van der Waals surface area (Å²) < 4.78 is 6.22. The Labute approximate surface area is 155 Å². The number of likely N-dealkylation sites (N-methyl/N-ethyl adjacent to an activating group) is 1. The van der Waals surface area contributed by atoms with Crippen LogP contribution in [0.4, 0.5) is 0 Å². The zero-order valence-electron chi connectivity index (χ0n) is 13.4. The molecule has 0 spiro atoms. The molecule has 24 heavy (non-hydrogen) atoms. The molecule has 4 nitrogen and oxygen atoms in total. The highest BCUT2D eigenvalue weighted by Gasteiger charge is 2.24. The summed E-state index contributed by atoms with van der Waals surface area (Å²) in [4.78, 5) is 13.8. The van der Waals surface area contributed by atoms with E-state index in [1.54, 1.807) is 32.2 Å². The minimum atomic E-state index is -0.762. The summed E-state index contributed by atoms with van der Waals surface area (Å²) >= 11 is 9.22. The van der Waals surface area contributed by atoms with Gasteiger partial charge in [0.25, 0.3) is 5.91 Å². The zero-order valence-corrected chi connectivity index (χ0v) is 15.8. The highest BCUT2D eigenvalue weighted by molar-refractivity contribution is 9.10. The molecule has 1 N–H and O–H groups in total. The summed E-state index contributed by atoms with van der Waals surface area (Å²) in [6.45, 7) is 1.68. The van der Waals surface area contributed by atoms with E-state index in [9.17, 15) is 9.90 Å². The average Bonchev–Trinajstić information content (AvgIpc) is 2.59. The van der Waals surface area contributed by atoms with Crippen molar-refractivity contribution in [2.75, 3.05) is 13.7 Å². The van der Waals surface area contributed by atoms with Crippen LogP contribution in [0, 0.1) is 0 Å². The summed E-state index contributed by atoms with van der Waals surface area (Å²) in [7, 11) is 1.65. The van der Waals surface area contributed by atoms with Gasteiger partial charge in [0.05, 0.1) is 16.6 Å². The van der Waals surface area contributed by atoms with Crippen LogP contribution in [0.25, 0.3) is 0 Å². The van der Waals surface area contributed by atoms with Crippen LogP contribution in [0.3, 0.4) is 0 Å². The number of carbonyl (C=O) groups excluding carboxylic acids is 1. The van der Waals surface area contributed by atoms with E-state index in [2.05, 4.69) is 15.9 Å². The van der Waals surface area contributed by atoms with Crippen LogP contribution in [-0.2, 0) is 4.79 Å². The normalized spacial score (nSPS) is 13.2. The summed E-state index contributed by atoms with van der Waals surface area (Å²) in [6.07, 6.45) is -0.762. The third kappa shape index (κ3) is 4.72. The molecule has 0 fully saturated rings. The first-order valence-electron chi connectivity index (χ1n) is 7.46. The number of rotatable bonds is 6. The van der Waals surface area contributed by atoms with Crippen molar-refractivity contribution in [3.63, 3.8) is 0 Å². The SMILES string of the molecule is CC(C(O)c1ccccc1)N(C)C(=O)COc1ccc(Cl)cc1Br. The van der Waals surface area contributed by atoms with Crippen LogP contribution in [0.5, 0.6) is 5.75 Å². The molecule has 0 aliphatic rings. The van der Waals surface area contributed by atoms with Gasteiger partial charge in [-0.1, -0.05) is 41.9 Å². The second-order valence-electron chi connectivity index (χ2n) is 5.46. The number of hydrogen-bond donors (Lipinski definition) is 1. The van der Waals surface area contributed by atoms with Gasteiger partial charge in [0.1, 0.15) is 5.75 Å². The lowest BCUT2D eigenvalue weighted by molar-refractivity contribution is -0.136. The number of nitrogens with zero attached hydrogens (tertiary/aromatic N) is 1. The average molecular weight is 413 g/mol. The molecule has 2 atom stereocenters. The van der Waals surface area contributed by atoms with Crippen molar-refractivity contribution in [2.45, 2.75) is 19.1 Å². The summed E-state index contributed by atoms with van der Waals surface area (Å²) in [5.41, 5.74) is 0.769. The predicted octanol–water partition coefficient (Wildman–Crippen LogP) is 4.06. The molecule has 0 aliphatic heterocycles. The molecular weight excluding hydrogens is 394 g/mol. The molecule has 0 heterocycles. The molecule has 2 aromatic carbocycles. The van der Waals surface area contributed by atoms with Crippen LogP contribution >= 0.6 is 27.5 Å². The summed E-state index contributed by atoms with van der Waals surface area (Å²) in [5.74, 6) is 0.316. The van der Waals surface area contributed by atoms with E-state index in [0.717, 1.165) is 5.56 Å². The molecule has 0 saturated heterocycles. The van der Waals surface area contributed by atoms with Gasteiger partial charge in [-0.2, -0.15) is 0 Å². The Kier molecular flexibility index (Phi) is 6.66. The second-order valence-corrected chi connectivity index (χ2v) is 6.75. The van der Waals surface area contributed by atoms with E-state index >= 15 is 0 Å². The highest BCUT2D eigenvalue weighted by atomic mass is 79.9. The van der Waals surface area contributed by atoms with Gasteiger partial charge in [-0.15, -0.1) is 0 Å². The van der Waals surface area contributed by atoms with E-state index < -0.39 is 6.10 Å². The third-order valence-corrected chi connectivity index (χ3v) is 4.70. The van der Waals surface area contributed by atoms with Crippen molar-refractivity contribution in [3.8, 4) is 5.75 Å². The minimum Gasteiger partial charge on any atom is -0.483 e. The predicted molar refractivity (Wildman–Crippen MR) is 98.3 cm³/mol. The molecule has 2 aromatic rings. The Morgan fingerprint density at radius 3 is 2.58 bits per heavy atom. The van der Waals surface area contributed by atoms with Crippen molar-refractivity contribution in [3.05, 3.63) is 63.6 Å². The van der Waals surface area contributed by atoms with Gasteiger partial charge in [-0.05, 0) is 46.6 Å². The Morgan fingerprint density at radius 2 is 1.96 bits per heavy atom. The van der Waals surface area contributed by atoms with Gasteiger partial charge in [0.2, 0.25) is 0 Å². The maximum Gasteiger partial charge on any atom is 0.260 e. The molecule has 6 heteroatoms. The molecule has 0 aliphatic carbocycles. The van der Waals surface area contributed by atoms with Gasteiger partial charge in [-0.3, -0.25) is 4.79 Å². The fraction of sp³-hybridized carbons (Fsp3) is 0.278. The number of hydrogen-bond acceptors (Lipinski definition) is 3. The summed E-state index contributed by atoms with van der Waals surface area (Å²) in [5, 5.41) is 11.0. The molecule has 1 amide bonds. The van der Waals surface area contributed by atoms with Gasteiger partial charge < -0.3 is 14.7 Å². The third-order valence-electron chi connectivity index (χ3n) is 3.85. The highest BCUT2D eigenvalue weighted by Crippen LogP contribution is 2.28. The van der Waals surface area contributed by atoms with Crippen molar-refractivity contribution < 1.29 is 14.6 Å². The quantitative estimate of drug-likeness (QED) is 0.778. The van der Waals surface area contributed by atoms with Gasteiger partial charge >= 0.3 is 0 Å². The number of benzene rings is 2. The first kappa shape index (κ1) is 18.8. The second kappa shape index (κ2) is 8.51. The standard InChI is InChI=1S/C18H19BrClNO3/c1-12(18(23)13-6-4-3-5-7-13)21(2)17(22)11-24-16-9-8-14(20)10-15(16)19/h3-10,12,18,23H,11H2,1-2H3. The van der Waals surface area contributed by atoms with Crippen LogP contribution < -0.4 is 4.74 Å². The van der Waals surface area contributed by atoms with E-state index in [-0.39, 0.29) is 18.6 Å². The number of halogens is 2. The lowest BCUT2D eigenvalue weighted by atomic mass is 10.0. The van der Waals surface area contributed by atoms with E-state index in [1.165, 1.54) is 4.90 Å². The smallest absolute Gasteiger partial charge is 0.260 e. The lowest BCUT2D eigenvalue weighted by Gasteiger charge is -2.29. The number of aliphatic hydroxyl groups excluding tert-OH is 1.